The van der Waals surface area contributed by atoms with Crippen molar-refractivity contribution in [3.05, 3.63) is 53.5 Å². The third kappa shape index (κ3) is 3.64. The van der Waals surface area contributed by atoms with Gasteiger partial charge in [-0.05, 0) is 38.8 Å². The average Bonchev–Trinajstić information content (AvgIpc) is 2.79. The molecule has 1 heterocycles. The zero-order chi connectivity index (χ0) is 13.8. The Morgan fingerprint density at radius 2 is 2.05 bits per heavy atom. The lowest BCUT2D eigenvalue weighted by Gasteiger charge is -2.18. The van der Waals surface area contributed by atoms with Crippen LogP contribution in [0.3, 0.4) is 0 Å². The van der Waals surface area contributed by atoms with Crippen molar-refractivity contribution in [2.75, 3.05) is 0 Å². The zero-order valence-electron chi connectivity index (χ0n) is 11.5. The predicted octanol–water partition coefficient (Wildman–Crippen LogP) is 3.40. The summed E-state index contributed by atoms with van der Waals surface area (Å²) in [4.78, 5) is 4.19. The Labute approximate surface area is 112 Å². The molecule has 0 aliphatic rings. The third-order valence-corrected chi connectivity index (χ3v) is 3.03. The first-order valence-electron chi connectivity index (χ1n) is 6.48. The van der Waals surface area contributed by atoms with Crippen molar-refractivity contribution >= 4 is 0 Å². The first kappa shape index (κ1) is 13.7. The van der Waals surface area contributed by atoms with Crippen LogP contribution in [0, 0.1) is 12.7 Å². The molecule has 102 valence electrons. The van der Waals surface area contributed by atoms with Crippen molar-refractivity contribution in [3.63, 3.8) is 0 Å². The fourth-order valence-corrected chi connectivity index (χ4v) is 2.12. The van der Waals surface area contributed by atoms with E-state index in [2.05, 4.69) is 10.3 Å². The van der Waals surface area contributed by atoms with Crippen LogP contribution in [0.15, 0.2) is 34.9 Å². The van der Waals surface area contributed by atoms with Gasteiger partial charge in [0.25, 0.3) is 0 Å². The van der Waals surface area contributed by atoms with Gasteiger partial charge in [0, 0.05) is 6.04 Å². The van der Waals surface area contributed by atoms with Crippen molar-refractivity contribution in [1.29, 1.82) is 0 Å². The van der Waals surface area contributed by atoms with E-state index in [1.54, 1.807) is 12.3 Å². The summed E-state index contributed by atoms with van der Waals surface area (Å²) in [6.45, 7) is 5.88. The lowest BCUT2D eigenvalue weighted by molar-refractivity contribution is 0.374. The highest BCUT2D eigenvalue weighted by Gasteiger charge is 2.15. The Hall–Kier alpha value is -1.68. The van der Waals surface area contributed by atoms with Gasteiger partial charge in [-0.25, -0.2) is 9.37 Å². The van der Waals surface area contributed by atoms with Crippen LogP contribution in [0.1, 0.15) is 37.1 Å². The van der Waals surface area contributed by atoms with E-state index in [9.17, 15) is 4.39 Å². The maximum atomic E-state index is 13.6. The second-order valence-electron chi connectivity index (χ2n) is 4.89. The van der Waals surface area contributed by atoms with Crippen molar-refractivity contribution in [2.24, 2.45) is 0 Å². The molecule has 2 unspecified atom stereocenters. The van der Waals surface area contributed by atoms with Crippen molar-refractivity contribution in [2.45, 2.75) is 39.3 Å². The van der Waals surface area contributed by atoms with Crippen molar-refractivity contribution < 1.29 is 8.81 Å². The number of aromatic nitrogens is 1. The summed E-state index contributed by atoms with van der Waals surface area (Å²) in [7, 11) is 0. The van der Waals surface area contributed by atoms with Crippen molar-refractivity contribution in [3.8, 4) is 0 Å². The monoisotopic (exact) mass is 262 g/mol. The molecule has 0 fully saturated rings. The van der Waals surface area contributed by atoms with Crippen LogP contribution in [0.25, 0.3) is 0 Å². The molecule has 0 amide bonds. The van der Waals surface area contributed by atoms with E-state index in [1.165, 1.54) is 6.07 Å². The van der Waals surface area contributed by atoms with E-state index in [0.29, 0.717) is 12.3 Å². The Kier molecular flexibility index (Phi) is 4.32. The number of hydrogen-bond acceptors (Lipinski definition) is 3. The van der Waals surface area contributed by atoms with Crippen LogP contribution < -0.4 is 5.32 Å². The molecule has 0 saturated carbocycles. The Morgan fingerprint density at radius 3 is 2.68 bits per heavy atom. The van der Waals surface area contributed by atoms with Crippen LogP contribution in [-0.4, -0.2) is 11.0 Å². The first-order chi connectivity index (χ1) is 9.06. The quantitative estimate of drug-likeness (QED) is 0.897. The van der Waals surface area contributed by atoms with E-state index < -0.39 is 0 Å². The maximum Gasteiger partial charge on any atom is 0.211 e. The molecular formula is C15H19FN2O. The number of rotatable bonds is 5. The van der Waals surface area contributed by atoms with E-state index >= 15 is 0 Å². The molecule has 0 saturated heterocycles. The SMILES string of the molecule is Cc1cnc(C(C)NC(C)Cc2ccccc2F)o1. The number of hydrogen-bond donors (Lipinski definition) is 1. The van der Waals surface area contributed by atoms with E-state index in [4.69, 9.17) is 4.42 Å². The molecule has 2 atom stereocenters. The summed E-state index contributed by atoms with van der Waals surface area (Å²) >= 11 is 0. The number of oxazole rings is 1. The molecule has 2 rings (SSSR count). The first-order valence-corrected chi connectivity index (χ1v) is 6.48. The fraction of sp³-hybridized carbons (Fsp3) is 0.400. The highest BCUT2D eigenvalue weighted by atomic mass is 19.1. The van der Waals surface area contributed by atoms with E-state index in [-0.39, 0.29) is 17.9 Å². The van der Waals surface area contributed by atoms with Gasteiger partial charge < -0.3 is 9.73 Å². The molecule has 0 radical (unpaired) electrons. The van der Waals surface area contributed by atoms with Crippen molar-refractivity contribution in [1.82, 2.24) is 10.3 Å². The Bertz CT molecular complexity index is 538. The molecule has 1 aromatic carbocycles. The molecule has 0 spiro atoms. The average molecular weight is 262 g/mol. The number of aryl methyl sites for hydroxylation is 1. The minimum absolute atomic E-state index is 0.00970. The minimum Gasteiger partial charge on any atom is -0.444 e. The standard InChI is InChI=1S/C15H19FN2O/c1-10(8-13-6-4-5-7-14(13)16)18-12(3)15-17-9-11(2)19-15/h4-7,9-10,12,18H,8H2,1-3H3. The second kappa shape index (κ2) is 5.97. The molecule has 1 aromatic heterocycles. The number of nitrogens with one attached hydrogen (secondary N) is 1. The summed E-state index contributed by atoms with van der Waals surface area (Å²) in [5.41, 5.74) is 0.721. The maximum absolute atomic E-state index is 13.6. The predicted molar refractivity (Wildman–Crippen MR) is 72.4 cm³/mol. The fourth-order valence-electron chi connectivity index (χ4n) is 2.12. The summed E-state index contributed by atoms with van der Waals surface area (Å²) in [6, 6.07) is 7.01. The van der Waals surface area contributed by atoms with Gasteiger partial charge in [0.05, 0.1) is 12.2 Å². The summed E-state index contributed by atoms with van der Waals surface area (Å²) in [6.07, 6.45) is 2.34. The summed E-state index contributed by atoms with van der Waals surface area (Å²) in [5.74, 6) is 1.30. The topological polar surface area (TPSA) is 38.1 Å². The normalized spacial score (nSPS) is 14.3. The van der Waals surface area contributed by atoms with Crippen LogP contribution in [-0.2, 0) is 6.42 Å². The Morgan fingerprint density at radius 1 is 1.32 bits per heavy atom. The Balaban J connectivity index is 1.94. The van der Waals surface area contributed by atoms with Crippen LogP contribution in [0.5, 0.6) is 0 Å². The number of halogens is 1. The lowest BCUT2D eigenvalue weighted by atomic mass is 10.1. The third-order valence-electron chi connectivity index (χ3n) is 3.03. The highest BCUT2D eigenvalue weighted by molar-refractivity contribution is 5.18. The van der Waals surface area contributed by atoms with Gasteiger partial charge in [-0.2, -0.15) is 0 Å². The van der Waals surface area contributed by atoms with Gasteiger partial charge in [0.1, 0.15) is 11.6 Å². The van der Waals surface area contributed by atoms with Gasteiger partial charge in [-0.3, -0.25) is 0 Å². The molecule has 2 aromatic rings. The summed E-state index contributed by atoms with van der Waals surface area (Å²) < 4.78 is 19.0. The highest BCUT2D eigenvalue weighted by Crippen LogP contribution is 2.15. The molecule has 1 N–H and O–H groups in total. The van der Waals surface area contributed by atoms with Gasteiger partial charge in [0.15, 0.2) is 0 Å². The molecule has 0 bridgehead atoms. The summed E-state index contributed by atoms with van der Waals surface area (Å²) in [5, 5.41) is 3.36. The number of nitrogens with zero attached hydrogens (tertiary/aromatic N) is 1. The van der Waals surface area contributed by atoms with Crippen LogP contribution in [0.2, 0.25) is 0 Å². The minimum atomic E-state index is -0.157. The largest absolute Gasteiger partial charge is 0.444 e. The number of benzene rings is 1. The van der Waals surface area contributed by atoms with Crippen LogP contribution >= 0.6 is 0 Å². The molecule has 4 heteroatoms. The lowest BCUT2D eigenvalue weighted by Crippen LogP contribution is -2.31. The van der Waals surface area contributed by atoms with Crippen LogP contribution in [0.4, 0.5) is 4.39 Å². The van der Waals surface area contributed by atoms with Gasteiger partial charge >= 0.3 is 0 Å². The molecule has 0 aliphatic carbocycles. The molecule has 3 nitrogen and oxygen atoms in total. The van der Waals surface area contributed by atoms with Gasteiger partial charge in [-0.1, -0.05) is 18.2 Å². The molecule has 0 aliphatic heterocycles. The zero-order valence-corrected chi connectivity index (χ0v) is 11.5. The molecule has 19 heavy (non-hydrogen) atoms. The van der Waals surface area contributed by atoms with Gasteiger partial charge in [0.2, 0.25) is 5.89 Å². The van der Waals surface area contributed by atoms with Gasteiger partial charge in [-0.15, -0.1) is 0 Å². The van der Waals surface area contributed by atoms with E-state index in [1.807, 2.05) is 32.9 Å². The van der Waals surface area contributed by atoms with E-state index in [0.717, 1.165) is 11.3 Å². The molecular weight excluding hydrogens is 243 g/mol. The smallest absolute Gasteiger partial charge is 0.211 e. The second-order valence-corrected chi connectivity index (χ2v) is 4.89.